The molecule has 1 aromatic heterocycles. The number of nitrogens with one attached hydrogen (secondary N) is 1. The highest BCUT2D eigenvalue weighted by Crippen LogP contribution is 2.14. The van der Waals surface area contributed by atoms with E-state index >= 15 is 0 Å². The summed E-state index contributed by atoms with van der Waals surface area (Å²) in [7, 11) is -3.72. The molecular formula is C17H19N3O4S. The Morgan fingerprint density at radius 1 is 1.20 bits per heavy atom. The molecule has 25 heavy (non-hydrogen) atoms. The van der Waals surface area contributed by atoms with Gasteiger partial charge in [-0.1, -0.05) is 12.1 Å². The molecule has 2 heterocycles. The molecule has 1 saturated heterocycles. The van der Waals surface area contributed by atoms with Gasteiger partial charge in [0.25, 0.3) is 5.91 Å². The van der Waals surface area contributed by atoms with Gasteiger partial charge in [-0.05, 0) is 29.8 Å². The molecule has 0 spiro atoms. The molecule has 0 aliphatic carbocycles. The highest BCUT2D eigenvalue weighted by molar-refractivity contribution is 7.89. The predicted molar refractivity (Wildman–Crippen MR) is 91.4 cm³/mol. The summed E-state index contributed by atoms with van der Waals surface area (Å²) < 4.78 is 32.7. The molecular weight excluding hydrogens is 342 g/mol. The zero-order valence-corrected chi connectivity index (χ0v) is 14.4. The maximum Gasteiger partial charge on any atom is 0.254 e. The number of sulfonamides is 1. The van der Waals surface area contributed by atoms with Crippen LogP contribution in [-0.2, 0) is 21.3 Å². The molecule has 0 saturated carbocycles. The minimum atomic E-state index is -3.72. The van der Waals surface area contributed by atoms with E-state index in [1.54, 1.807) is 41.6 Å². The molecule has 1 aliphatic heterocycles. The predicted octanol–water partition coefficient (Wildman–Crippen LogP) is 1.03. The number of ether oxygens (including phenoxy) is 1. The number of pyridine rings is 1. The normalized spacial score (nSPS) is 15.1. The van der Waals surface area contributed by atoms with E-state index in [9.17, 15) is 13.2 Å². The Bertz CT molecular complexity index is 834. The van der Waals surface area contributed by atoms with E-state index in [1.807, 2.05) is 0 Å². The Balaban J connectivity index is 1.74. The van der Waals surface area contributed by atoms with Crippen molar-refractivity contribution in [3.05, 3.63) is 59.9 Å². The van der Waals surface area contributed by atoms with Crippen molar-refractivity contribution in [2.75, 3.05) is 26.3 Å². The number of hydrogen-bond acceptors (Lipinski definition) is 5. The number of amides is 1. The van der Waals surface area contributed by atoms with Gasteiger partial charge in [-0.15, -0.1) is 0 Å². The lowest BCUT2D eigenvalue weighted by Gasteiger charge is -2.27. The first-order chi connectivity index (χ1) is 12.1. The van der Waals surface area contributed by atoms with Crippen LogP contribution in [0.2, 0.25) is 0 Å². The van der Waals surface area contributed by atoms with Gasteiger partial charge in [0.05, 0.1) is 18.1 Å². The van der Waals surface area contributed by atoms with Crippen molar-refractivity contribution in [2.45, 2.75) is 11.4 Å². The minimum absolute atomic E-state index is 0.0653. The van der Waals surface area contributed by atoms with Crippen LogP contribution in [0.4, 0.5) is 0 Å². The lowest BCUT2D eigenvalue weighted by molar-refractivity contribution is 0.0302. The Labute approximate surface area is 146 Å². The van der Waals surface area contributed by atoms with Crippen LogP contribution in [0.5, 0.6) is 0 Å². The van der Waals surface area contributed by atoms with Crippen LogP contribution in [0, 0.1) is 0 Å². The summed E-state index contributed by atoms with van der Waals surface area (Å²) in [5.74, 6) is -0.187. The van der Waals surface area contributed by atoms with Crippen LogP contribution < -0.4 is 4.72 Å². The van der Waals surface area contributed by atoms with Gasteiger partial charge in [-0.3, -0.25) is 9.78 Å². The Hall–Kier alpha value is -2.29. The fraction of sp³-hybridized carbons (Fsp3) is 0.294. The van der Waals surface area contributed by atoms with Crippen molar-refractivity contribution in [1.29, 1.82) is 0 Å². The molecule has 1 N–H and O–H groups in total. The molecule has 8 heteroatoms. The Morgan fingerprint density at radius 3 is 2.72 bits per heavy atom. The quantitative estimate of drug-likeness (QED) is 0.859. The summed E-state index contributed by atoms with van der Waals surface area (Å²) in [6.07, 6.45) is 3.22. The van der Waals surface area contributed by atoms with Gasteiger partial charge in [-0.25, -0.2) is 13.1 Å². The van der Waals surface area contributed by atoms with E-state index < -0.39 is 10.0 Å². The zero-order valence-electron chi connectivity index (χ0n) is 13.6. The molecule has 7 nitrogen and oxygen atoms in total. The average Bonchev–Trinajstić information content (AvgIpc) is 2.67. The van der Waals surface area contributed by atoms with Crippen LogP contribution >= 0.6 is 0 Å². The van der Waals surface area contributed by atoms with Gasteiger partial charge >= 0.3 is 0 Å². The van der Waals surface area contributed by atoms with Crippen LogP contribution in [0.1, 0.15) is 15.9 Å². The third-order valence-electron chi connectivity index (χ3n) is 3.88. The molecule has 0 atom stereocenters. The first kappa shape index (κ1) is 17.5. The van der Waals surface area contributed by atoms with E-state index in [0.717, 1.165) is 5.56 Å². The summed E-state index contributed by atoms with van der Waals surface area (Å²) in [5.41, 5.74) is 1.11. The highest BCUT2D eigenvalue weighted by Gasteiger charge is 2.21. The SMILES string of the molecule is O=C(c1cccc(S(=O)(=O)NCc2cccnc2)c1)N1CCOCC1. The number of rotatable bonds is 5. The van der Waals surface area contributed by atoms with Gasteiger partial charge in [-0.2, -0.15) is 0 Å². The van der Waals surface area contributed by atoms with E-state index in [-0.39, 0.29) is 17.3 Å². The third kappa shape index (κ3) is 4.41. The zero-order chi connectivity index (χ0) is 17.7. The fourth-order valence-corrected chi connectivity index (χ4v) is 3.57. The molecule has 1 fully saturated rings. The van der Waals surface area contributed by atoms with E-state index in [2.05, 4.69) is 9.71 Å². The Morgan fingerprint density at radius 2 is 2.00 bits per heavy atom. The first-order valence-corrected chi connectivity index (χ1v) is 9.40. The van der Waals surface area contributed by atoms with Gasteiger partial charge in [0, 0.05) is 37.6 Å². The highest BCUT2D eigenvalue weighted by atomic mass is 32.2. The van der Waals surface area contributed by atoms with Crippen LogP contribution in [0.3, 0.4) is 0 Å². The van der Waals surface area contributed by atoms with Crippen LogP contribution in [0.25, 0.3) is 0 Å². The molecule has 0 unspecified atom stereocenters. The van der Waals surface area contributed by atoms with E-state index in [1.165, 1.54) is 12.1 Å². The van der Waals surface area contributed by atoms with E-state index in [0.29, 0.717) is 31.9 Å². The van der Waals surface area contributed by atoms with Crippen molar-refractivity contribution >= 4 is 15.9 Å². The molecule has 0 bridgehead atoms. The average molecular weight is 361 g/mol. The first-order valence-electron chi connectivity index (χ1n) is 7.92. The second kappa shape index (κ2) is 7.73. The topological polar surface area (TPSA) is 88.6 Å². The number of aromatic nitrogens is 1. The van der Waals surface area contributed by atoms with E-state index in [4.69, 9.17) is 4.74 Å². The number of carbonyl (C=O) groups excluding carboxylic acids is 1. The minimum Gasteiger partial charge on any atom is -0.378 e. The summed E-state index contributed by atoms with van der Waals surface area (Å²) in [6.45, 7) is 2.15. The van der Waals surface area contributed by atoms with Crippen molar-refractivity contribution in [3.8, 4) is 0 Å². The fourth-order valence-electron chi connectivity index (χ4n) is 2.51. The molecule has 0 radical (unpaired) electrons. The van der Waals surface area contributed by atoms with Crippen LogP contribution in [0.15, 0.2) is 53.7 Å². The summed E-state index contributed by atoms with van der Waals surface area (Å²) in [6, 6.07) is 9.61. The smallest absolute Gasteiger partial charge is 0.254 e. The molecule has 3 rings (SSSR count). The van der Waals surface area contributed by atoms with Crippen molar-refractivity contribution in [1.82, 2.24) is 14.6 Å². The summed E-state index contributed by atoms with van der Waals surface area (Å²) in [4.78, 5) is 18.2. The third-order valence-corrected chi connectivity index (χ3v) is 5.28. The van der Waals surface area contributed by atoms with Crippen molar-refractivity contribution in [2.24, 2.45) is 0 Å². The lowest BCUT2D eigenvalue weighted by atomic mass is 10.2. The molecule has 1 amide bonds. The van der Waals surface area contributed by atoms with Crippen LogP contribution in [-0.4, -0.2) is 50.5 Å². The monoisotopic (exact) mass is 361 g/mol. The maximum atomic E-state index is 12.5. The second-order valence-corrected chi connectivity index (χ2v) is 7.39. The standard InChI is InChI=1S/C17H19N3O4S/c21-17(20-7-9-24-10-8-20)15-4-1-5-16(11-15)25(22,23)19-13-14-3-2-6-18-12-14/h1-6,11-12,19H,7-10,13H2. The number of nitrogens with zero attached hydrogens (tertiary/aromatic N) is 2. The van der Waals surface area contributed by atoms with Gasteiger partial charge in [0.15, 0.2) is 0 Å². The maximum absolute atomic E-state index is 12.5. The molecule has 2 aromatic rings. The number of benzene rings is 1. The van der Waals surface area contributed by atoms with Gasteiger partial charge < -0.3 is 9.64 Å². The summed E-state index contributed by atoms with van der Waals surface area (Å²) >= 11 is 0. The van der Waals surface area contributed by atoms with Gasteiger partial charge in [0.2, 0.25) is 10.0 Å². The summed E-state index contributed by atoms with van der Waals surface area (Å²) in [5, 5.41) is 0. The van der Waals surface area contributed by atoms with Crippen molar-refractivity contribution in [3.63, 3.8) is 0 Å². The van der Waals surface area contributed by atoms with Gasteiger partial charge in [0.1, 0.15) is 0 Å². The largest absolute Gasteiger partial charge is 0.378 e. The molecule has 132 valence electrons. The Kier molecular flexibility index (Phi) is 5.42. The van der Waals surface area contributed by atoms with Crippen molar-refractivity contribution < 1.29 is 17.9 Å². The molecule has 1 aliphatic rings. The second-order valence-electron chi connectivity index (χ2n) is 5.62. The number of hydrogen-bond donors (Lipinski definition) is 1. The lowest BCUT2D eigenvalue weighted by Crippen LogP contribution is -2.40. The molecule has 1 aromatic carbocycles. The number of carbonyl (C=O) groups is 1. The number of morpholine rings is 1.